The number of rotatable bonds is 3. The highest BCUT2D eigenvalue weighted by Crippen LogP contribution is 2.04. The molecule has 0 aromatic rings. The summed E-state index contributed by atoms with van der Waals surface area (Å²) in [5.74, 6) is 1.25. The minimum Gasteiger partial charge on any atom is -0.340 e. The zero-order chi connectivity index (χ0) is 9.68. The van der Waals surface area contributed by atoms with Gasteiger partial charge in [0.2, 0.25) is 5.91 Å². The Hall–Kier alpha value is 0.0700. The number of hydrogen-bond donors (Lipinski definition) is 1. The van der Waals surface area contributed by atoms with Crippen molar-refractivity contribution in [3.05, 3.63) is 0 Å². The number of nitrogens with one attached hydrogen (secondary N) is 1. The van der Waals surface area contributed by atoms with E-state index in [-0.39, 0.29) is 12.4 Å². The first kappa shape index (κ1) is 14.1. The van der Waals surface area contributed by atoms with Crippen LogP contribution in [0.25, 0.3) is 0 Å². The van der Waals surface area contributed by atoms with Gasteiger partial charge < -0.3 is 10.2 Å². The first-order valence-corrected chi connectivity index (χ1v) is 6.13. The third-order valence-electron chi connectivity index (χ3n) is 2.24. The van der Waals surface area contributed by atoms with E-state index in [2.05, 4.69) is 12.2 Å². The highest BCUT2D eigenvalue weighted by Gasteiger charge is 2.19. The van der Waals surface area contributed by atoms with Crippen LogP contribution in [0.1, 0.15) is 13.3 Å². The molecule has 1 aliphatic heterocycles. The maximum atomic E-state index is 11.6. The highest BCUT2D eigenvalue weighted by atomic mass is 35.5. The Labute approximate surface area is 96.4 Å². The lowest BCUT2D eigenvalue weighted by Crippen LogP contribution is -2.51. The quantitative estimate of drug-likeness (QED) is 0.796. The van der Waals surface area contributed by atoms with Gasteiger partial charge >= 0.3 is 0 Å². The van der Waals surface area contributed by atoms with Crippen LogP contribution in [0.5, 0.6) is 0 Å². The molecular formula is C9H19ClN2OS. The molecule has 0 spiro atoms. The third-order valence-corrected chi connectivity index (χ3v) is 2.85. The molecule has 3 nitrogen and oxygen atoms in total. The van der Waals surface area contributed by atoms with Crippen LogP contribution in [0.4, 0.5) is 0 Å². The fourth-order valence-corrected chi connectivity index (χ4v) is 1.89. The predicted molar refractivity (Wildman–Crippen MR) is 64.3 cm³/mol. The maximum Gasteiger partial charge on any atom is 0.223 e. The van der Waals surface area contributed by atoms with Crippen molar-refractivity contribution in [1.82, 2.24) is 10.2 Å². The second kappa shape index (κ2) is 7.37. The minimum absolute atomic E-state index is 0. The summed E-state index contributed by atoms with van der Waals surface area (Å²) in [7, 11) is 0. The van der Waals surface area contributed by atoms with Gasteiger partial charge in [0.15, 0.2) is 0 Å². The average Bonchev–Trinajstić information content (AvgIpc) is 2.14. The lowest BCUT2D eigenvalue weighted by Gasteiger charge is -2.31. The number of carbonyl (C=O) groups is 1. The van der Waals surface area contributed by atoms with Gasteiger partial charge in [-0.1, -0.05) is 0 Å². The molecule has 1 heterocycles. The Morgan fingerprint density at radius 1 is 1.64 bits per heavy atom. The summed E-state index contributed by atoms with van der Waals surface area (Å²) in [5, 5.41) is 3.32. The molecule has 1 fully saturated rings. The average molecular weight is 239 g/mol. The van der Waals surface area contributed by atoms with E-state index in [9.17, 15) is 4.79 Å². The van der Waals surface area contributed by atoms with E-state index in [0.717, 1.165) is 25.4 Å². The van der Waals surface area contributed by atoms with Gasteiger partial charge in [0.25, 0.3) is 0 Å². The molecule has 14 heavy (non-hydrogen) atoms. The molecule has 0 saturated carbocycles. The first-order valence-electron chi connectivity index (χ1n) is 4.74. The smallest absolute Gasteiger partial charge is 0.223 e. The second-order valence-corrected chi connectivity index (χ2v) is 4.42. The molecule has 1 atom stereocenters. The molecule has 0 aromatic carbocycles. The second-order valence-electron chi connectivity index (χ2n) is 3.44. The number of hydrogen-bond acceptors (Lipinski definition) is 3. The molecule has 1 aliphatic rings. The normalized spacial score (nSPS) is 21.6. The molecule has 0 radical (unpaired) electrons. The molecule has 1 saturated heterocycles. The van der Waals surface area contributed by atoms with Crippen LogP contribution in [0, 0.1) is 0 Å². The van der Waals surface area contributed by atoms with Gasteiger partial charge in [0, 0.05) is 37.8 Å². The molecule has 0 aliphatic carbocycles. The van der Waals surface area contributed by atoms with Crippen molar-refractivity contribution >= 4 is 30.1 Å². The Morgan fingerprint density at radius 3 is 2.93 bits per heavy atom. The zero-order valence-electron chi connectivity index (χ0n) is 8.78. The Morgan fingerprint density at radius 2 is 2.36 bits per heavy atom. The summed E-state index contributed by atoms with van der Waals surface area (Å²) in [6.45, 7) is 4.80. The zero-order valence-corrected chi connectivity index (χ0v) is 10.4. The predicted octanol–water partition coefficient (Wildman–Crippen LogP) is 0.982. The molecule has 1 amide bonds. The minimum atomic E-state index is 0. The Bertz CT molecular complexity index is 180. The van der Waals surface area contributed by atoms with Crippen molar-refractivity contribution in [1.29, 1.82) is 0 Å². The maximum absolute atomic E-state index is 11.6. The van der Waals surface area contributed by atoms with Crippen molar-refractivity contribution < 1.29 is 4.79 Å². The van der Waals surface area contributed by atoms with Crippen molar-refractivity contribution in [2.75, 3.05) is 31.6 Å². The molecule has 0 bridgehead atoms. The number of amides is 1. The van der Waals surface area contributed by atoms with E-state index >= 15 is 0 Å². The summed E-state index contributed by atoms with van der Waals surface area (Å²) in [4.78, 5) is 13.6. The largest absolute Gasteiger partial charge is 0.340 e. The van der Waals surface area contributed by atoms with Gasteiger partial charge in [-0.05, 0) is 13.2 Å². The van der Waals surface area contributed by atoms with E-state index in [0.29, 0.717) is 18.4 Å². The van der Waals surface area contributed by atoms with E-state index in [1.807, 2.05) is 11.2 Å². The van der Waals surface area contributed by atoms with E-state index in [4.69, 9.17) is 0 Å². The fraction of sp³-hybridized carbons (Fsp3) is 0.889. The van der Waals surface area contributed by atoms with Crippen LogP contribution >= 0.6 is 24.2 Å². The van der Waals surface area contributed by atoms with Crippen molar-refractivity contribution in [3.8, 4) is 0 Å². The van der Waals surface area contributed by atoms with Crippen LogP contribution in [0.2, 0.25) is 0 Å². The molecule has 5 heteroatoms. The highest BCUT2D eigenvalue weighted by molar-refractivity contribution is 7.98. The number of halogens is 1. The summed E-state index contributed by atoms with van der Waals surface area (Å²) < 4.78 is 0. The summed E-state index contributed by atoms with van der Waals surface area (Å²) in [6.07, 6.45) is 2.72. The monoisotopic (exact) mass is 238 g/mol. The van der Waals surface area contributed by atoms with Crippen LogP contribution < -0.4 is 5.32 Å². The SMILES string of the molecule is CSCCC(=O)N1CCN[C@H](C)C1.Cl. The molecule has 1 N–H and O–H groups in total. The van der Waals surface area contributed by atoms with Gasteiger partial charge in [-0.2, -0.15) is 11.8 Å². The molecule has 0 unspecified atom stereocenters. The van der Waals surface area contributed by atoms with Gasteiger partial charge in [0.05, 0.1) is 0 Å². The molecular weight excluding hydrogens is 220 g/mol. The van der Waals surface area contributed by atoms with E-state index < -0.39 is 0 Å². The number of thioether (sulfide) groups is 1. The fourth-order valence-electron chi connectivity index (χ4n) is 1.51. The van der Waals surface area contributed by atoms with Crippen molar-refractivity contribution in [3.63, 3.8) is 0 Å². The lowest BCUT2D eigenvalue weighted by atomic mass is 10.2. The van der Waals surface area contributed by atoms with Crippen LogP contribution in [-0.4, -0.2) is 48.5 Å². The van der Waals surface area contributed by atoms with Crippen LogP contribution in [0.15, 0.2) is 0 Å². The summed E-state index contributed by atoms with van der Waals surface area (Å²) in [5.41, 5.74) is 0. The topological polar surface area (TPSA) is 32.3 Å². The first-order chi connectivity index (χ1) is 6.24. The summed E-state index contributed by atoms with van der Waals surface area (Å²) in [6, 6.07) is 0.451. The summed E-state index contributed by atoms with van der Waals surface area (Å²) >= 11 is 1.73. The Balaban J connectivity index is 0.00000169. The van der Waals surface area contributed by atoms with Crippen LogP contribution in [-0.2, 0) is 4.79 Å². The van der Waals surface area contributed by atoms with Crippen molar-refractivity contribution in [2.24, 2.45) is 0 Å². The van der Waals surface area contributed by atoms with Gasteiger partial charge in [-0.15, -0.1) is 12.4 Å². The van der Waals surface area contributed by atoms with Gasteiger partial charge in [-0.3, -0.25) is 4.79 Å². The standard InChI is InChI=1S/C9H18N2OS.ClH/c1-8-7-11(5-4-10-8)9(12)3-6-13-2;/h8,10H,3-7H2,1-2H3;1H/t8-;/m1./s1. The number of carbonyl (C=O) groups excluding carboxylic acids is 1. The molecule has 1 rings (SSSR count). The number of piperazine rings is 1. The van der Waals surface area contributed by atoms with E-state index in [1.165, 1.54) is 0 Å². The van der Waals surface area contributed by atoms with E-state index in [1.54, 1.807) is 11.8 Å². The number of nitrogens with zero attached hydrogens (tertiary/aromatic N) is 1. The Kier molecular flexibility index (Phi) is 7.41. The van der Waals surface area contributed by atoms with Gasteiger partial charge in [-0.25, -0.2) is 0 Å². The van der Waals surface area contributed by atoms with Crippen LogP contribution in [0.3, 0.4) is 0 Å². The molecule has 0 aromatic heterocycles. The lowest BCUT2D eigenvalue weighted by molar-refractivity contribution is -0.131. The van der Waals surface area contributed by atoms with Gasteiger partial charge in [0.1, 0.15) is 0 Å². The third kappa shape index (κ3) is 4.53. The van der Waals surface area contributed by atoms with Crippen molar-refractivity contribution in [2.45, 2.75) is 19.4 Å². The molecule has 84 valence electrons.